The highest BCUT2D eigenvalue weighted by Gasteiger charge is 2.26. The largest absolute Gasteiger partial charge is 0.140 e. The van der Waals surface area contributed by atoms with Crippen molar-refractivity contribution in [3.63, 3.8) is 0 Å². The van der Waals surface area contributed by atoms with E-state index in [2.05, 4.69) is 61.6 Å². The van der Waals surface area contributed by atoms with Crippen LogP contribution in [0.4, 0.5) is 0 Å². The summed E-state index contributed by atoms with van der Waals surface area (Å²) in [6.07, 6.45) is 1.25. The minimum absolute atomic E-state index is 0.416. The van der Waals surface area contributed by atoms with Crippen molar-refractivity contribution in [3.05, 3.63) is 35.4 Å². The van der Waals surface area contributed by atoms with E-state index in [9.17, 15) is 0 Å². The zero-order chi connectivity index (χ0) is 10.0. The van der Waals surface area contributed by atoms with Gasteiger partial charge in [-0.05, 0) is 24.5 Å². The van der Waals surface area contributed by atoms with Crippen molar-refractivity contribution in [3.8, 4) is 0 Å². The average molecular weight is 224 g/mol. The second-order valence-electron chi connectivity index (χ2n) is 3.83. The third kappa shape index (κ3) is 2.12. The van der Waals surface area contributed by atoms with E-state index < -0.39 is 0 Å². The molecule has 1 aliphatic heterocycles. The number of hydrogen-bond donors (Lipinski definition) is 0. The topological polar surface area (TPSA) is 0 Å². The summed E-state index contributed by atoms with van der Waals surface area (Å²) in [6, 6.07) is 8.84. The zero-order valence-corrected chi connectivity index (χ0v) is 10.4. The standard InChI is InChI=1S/C12H16S2/c1-3-12(2)13-8-10-6-4-5-7-11(10)9-14-12/h4-7H,3,8-9H2,1-2H3. The van der Waals surface area contributed by atoms with E-state index in [0.717, 1.165) is 0 Å². The Labute approximate surface area is 94.9 Å². The monoisotopic (exact) mass is 224 g/mol. The van der Waals surface area contributed by atoms with Gasteiger partial charge in [-0.3, -0.25) is 0 Å². The summed E-state index contributed by atoms with van der Waals surface area (Å²) in [7, 11) is 0. The number of hydrogen-bond acceptors (Lipinski definition) is 2. The predicted molar refractivity (Wildman–Crippen MR) is 67.7 cm³/mol. The molecule has 0 aromatic heterocycles. The maximum absolute atomic E-state index is 2.37. The Bertz CT molecular complexity index is 293. The van der Waals surface area contributed by atoms with Crippen molar-refractivity contribution in [2.75, 3.05) is 0 Å². The van der Waals surface area contributed by atoms with Crippen molar-refractivity contribution in [1.82, 2.24) is 0 Å². The van der Waals surface area contributed by atoms with Gasteiger partial charge >= 0.3 is 0 Å². The maximum atomic E-state index is 2.37. The lowest BCUT2D eigenvalue weighted by atomic mass is 10.1. The number of fused-ring (bicyclic) bond motifs is 1. The lowest BCUT2D eigenvalue weighted by Crippen LogP contribution is -2.12. The van der Waals surface area contributed by atoms with E-state index in [-0.39, 0.29) is 0 Å². The third-order valence-corrected chi connectivity index (χ3v) is 6.24. The van der Waals surface area contributed by atoms with E-state index in [0.29, 0.717) is 4.08 Å². The van der Waals surface area contributed by atoms with Crippen LogP contribution in [0.1, 0.15) is 31.4 Å². The van der Waals surface area contributed by atoms with Crippen LogP contribution in [0.15, 0.2) is 24.3 Å². The average Bonchev–Trinajstić information content (AvgIpc) is 2.40. The van der Waals surface area contributed by atoms with Gasteiger partial charge < -0.3 is 0 Å². The quantitative estimate of drug-likeness (QED) is 0.698. The van der Waals surface area contributed by atoms with Gasteiger partial charge in [0.2, 0.25) is 0 Å². The van der Waals surface area contributed by atoms with Crippen molar-refractivity contribution in [1.29, 1.82) is 0 Å². The van der Waals surface area contributed by atoms with Gasteiger partial charge in [-0.2, -0.15) is 0 Å². The van der Waals surface area contributed by atoms with Crippen molar-refractivity contribution in [2.45, 2.75) is 35.9 Å². The Morgan fingerprint density at radius 1 is 1.14 bits per heavy atom. The van der Waals surface area contributed by atoms with Gasteiger partial charge in [-0.25, -0.2) is 0 Å². The zero-order valence-electron chi connectivity index (χ0n) is 8.75. The fourth-order valence-electron chi connectivity index (χ4n) is 1.55. The summed E-state index contributed by atoms with van der Waals surface area (Å²) in [5.74, 6) is 2.35. The molecule has 0 fully saturated rings. The Morgan fingerprint density at radius 3 is 2.07 bits per heavy atom. The van der Waals surface area contributed by atoms with E-state index >= 15 is 0 Å². The summed E-state index contributed by atoms with van der Waals surface area (Å²) in [5, 5.41) is 0. The van der Waals surface area contributed by atoms with Crippen LogP contribution >= 0.6 is 23.5 Å². The SMILES string of the molecule is CCC1(C)SCc2ccccc2CS1. The molecule has 0 spiro atoms. The highest BCUT2D eigenvalue weighted by molar-refractivity contribution is 8.17. The highest BCUT2D eigenvalue weighted by Crippen LogP contribution is 2.46. The Hall–Kier alpha value is -0.0800. The van der Waals surface area contributed by atoms with Crippen LogP contribution in [-0.4, -0.2) is 4.08 Å². The normalized spacial score (nSPS) is 19.9. The number of thioether (sulfide) groups is 2. The third-order valence-electron chi connectivity index (χ3n) is 2.83. The highest BCUT2D eigenvalue weighted by atomic mass is 32.2. The molecule has 0 aliphatic carbocycles. The molecule has 0 radical (unpaired) electrons. The Morgan fingerprint density at radius 2 is 1.64 bits per heavy atom. The van der Waals surface area contributed by atoms with Crippen LogP contribution in [0.3, 0.4) is 0 Å². The van der Waals surface area contributed by atoms with Crippen LogP contribution in [0.2, 0.25) is 0 Å². The minimum atomic E-state index is 0.416. The van der Waals surface area contributed by atoms with Crippen molar-refractivity contribution < 1.29 is 0 Å². The molecule has 0 saturated heterocycles. The smallest absolute Gasteiger partial charge is 0.0587 e. The number of benzene rings is 1. The number of rotatable bonds is 1. The molecule has 0 nitrogen and oxygen atoms in total. The molecule has 0 N–H and O–H groups in total. The fourth-order valence-corrected chi connectivity index (χ4v) is 4.13. The summed E-state index contributed by atoms with van der Waals surface area (Å²) >= 11 is 4.18. The van der Waals surface area contributed by atoms with Crippen LogP contribution in [-0.2, 0) is 11.5 Å². The first kappa shape index (κ1) is 10.4. The first-order chi connectivity index (χ1) is 6.73. The van der Waals surface area contributed by atoms with Gasteiger partial charge in [0.1, 0.15) is 0 Å². The molecular weight excluding hydrogens is 208 g/mol. The molecule has 0 atom stereocenters. The summed E-state index contributed by atoms with van der Waals surface area (Å²) < 4.78 is 0.416. The summed E-state index contributed by atoms with van der Waals surface area (Å²) in [6.45, 7) is 4.66. The first-order valence-corrected chi connectivity index (χ1v) is 7.05. The van der Waals surface area contributed by atoms with Gasteiger partial charge in [-0.1, -0.05) is 31.2 Å². The molecule has 1 heterocycles. The van der Waals surface area contributed by atoms with Crippen LogP contribution in [0, 0.1) is 0 Å². The van der Waals surface area contributed by atoms with Crippen LogP contribution in [0.5, 0.6) is 0 Å². The minimum Gasteiger partial charge on any atom is -0.140 e. The molecule has 2 rings (SSSR count). The van der Waals surface area contributed by atoms with E-state index in [1.807, 2.05) is 0 Å². The van der Waals surface area contributed by atoms with Gasteiger partial charge in [0, 0.05) is 11.5 Å². The predicted octanol–water partition coefficient (Wildman–Crippen LogP) is 4.29. The lowest BCUT2D eigenvalue weighted by Gasteiger charge is -2.24. The van der Waals surface area contributed by atoms with Gasteiger partial charge in [-0.15, -0.1) is 23.5 Å². The molecule has 1 aromatic carbocycles. The summed E-state index contributed by atoms with van der Waals surface area (Å²) in [4.78, 5) is 0. The van der Waals surface area contributed by atoms with Gasteiger partial charge in [0.15, 0.2) is 0 Å². The first-order valence-electron chi connectivity index (χ1n) is 5.08. The second-order valence-corrected chi connectivity index (χ2v) is 7.05. The molecule has 14 heavy (non-hydrogen) atoms. The fraction of sp³-hybridized carbons (Fsp3) is 0.500. The molecular formula is C12H16S2. The lowest BCUT2D eigenvalue weighted by molar-refractivity contribution is 0.846. The van der Waals surface area contributed by atoms with Crippen molar-refractivity contribution in [2.24, 2.45) is 0 Å². The summed E-state index contributed by atoms with van der Waals surface area (Å²) in [5.41, 5.74) is 3.06. The second kappa shape index (κ2) is 4.19. The van der Waals surface area contributed by atoms with Gasteiger partial charge in [0.25, 0.3) is 0 Å². The molecule has 0 bridgehead atoms. The van der Waals surface area contributed by atoms with E-state index in [4.69, 9.17) is 0 Å². The molecule has 0 amide bonds. The molecule has 1 aliphatic rings. The van der Waals surface area contributed by atoms with E-state index in [1.165, 1.54) is 29.1 Å². The van der Waals surface area contributed by atoms with Gasteiger partial charge in [0.05, 0.1) is 4.08 Å². The van der Waals surface area contributed by atoms with Crippen molar-refractivity contribution >= 4 is 23.5 Å². The molecule has 2 heteroatoms. The maximum Gasteiger partial charge on any atom is 0.0587 e. The molecule has 0 saturated carbocycles. The Kier molecular flexibility index (Phi) is 3.13. The van der Waals surface area contributed by atoms with E-state index in [1.54, 1.807) is 0 Å². The molecule has 1 aromatic rings. The molecule has 0 unspecified atom stereocenters. The van der Waals surface area contributed by atoms with Crippen LogP contribution < -0.4 is 0 Å². The van der Waals surface area contributed by atoms with Crippen LogP contribution in [0.25, 0.3) is 0 Å². The molecule has 76 valence electrons. The Balaban J connectivity index is 2.22.